The molecule has 98 valence electrons. The van der Waals surface area contributed by atoms with Crippen LogP contribution in [0.1, 0.15) is 16.1 Å². The maximum atomic E-state index is 11.9. The summed E-state index contributed by atoms with van der Waals surface area (Å²) in [4.78, 5) is 16.0. The van der Waals surface area contributed by atoms with Gasteiger partial charge in [-0.25, -0.2) is 4.98 Å². The van der Waals surface area contributed by atoms with Crippen molar-refractivity contribution >= 4 is 33.5 Å². The summed E-state index contributed by atoms with van der Waals surface area (Å²) in [6.07, 6.45) is 1.64. The van der Waals surface area contributed by atoms with E-state index in [9.17, 15) is 4.79 Å². The number of hydrogen-bond acceptors (Lipinski definition) is 5. The highest BCUT2D eigenvalue weighted by Gasteiger charge is 2.09. The van der Waals surface area contributed by atoms with Gasteiger partial charge in [0.05, 0.1) is 0 Å². The lowest BCUT2D eigenvalue weighted by molar-refractivity contribution is 0.102. The molecule has 0 aromatic carbocycles. The molecule has 7 heteroatoms. The van der Waals surface area contributed by atoms with Crippen molar-refractivity contribution in [3.8, 4) is 0 Å². The van der Waals surface area contributed by atoms with Crippen LogP contribution in [0.15, 0.2) is 28.9 Å². The predicted molar refractivity (Wildman–Crippen MR) is 76.2 cm³/mol. The van der Waals surface area contributed by atoms with E-state index in [1.54, 1.807) is 31.4 Å². The van der Waals surface area contributed by atoms with Gasteiger partial charge in [-0.15, -0.1) is 10.2 Å². The van der Waals surface area contributed by atoms with Crippen LogP contribution in [-0.2, 0) is 0 Å². The third kappa shape index (κ3) is 3.25. The van der Waals surface area contributed by atoms with Crippen LogP contribution in [0.3, 0.4) is 0 Å². The maximum Gasteiger partial charge on any atom is 0.277 e. The average molecular weight is 322 g/mol. The first kappa shape index (κ1) is 13.4. The highest BCUT2D eigenvalue weighted by Crippen LogP contribution is 2.17. The number of aryl methyl sites for hydroxylation is 1. The van der Waals surface area contributed by atoms with E-state index >= 15 is 0 Å². The van der Waals surface area contributed by atoms with Crippen molar-refractivity contribution in [2.45, 2.75) is 6.92 Å². The molecule has 0 aliphatic carbocycles. The maximum absolute atomic E-state index is 11.9. The van der Waals surface area contributed by atoms with Crippen molar-refractivity contribution in [2.24, 2.45) is 0 Å². The number of halogens is 1. The van der Waals surface area contributed by atoms with Crippen LogP contribution in [-0.4, -0.2) is 28.1 Å². The number of carbonyl (C=O) groups is 1. The number of rotatable bonds is 3. The first-order chi connectivity index (χ1) is 9.10. The van der Waals surface area contributed by atoms with Crippen LogP contribution in [0.2, 0.25) is 0 Å². The largest absolute Gasteiger partial charge is 0.372 e. The van der Waals surface area contributed by atoms with E-state index in [4.69, 9.17) is 0 Å². The number of aromatic nitrogens is 3. The number of carbonyl (C=O) groups excluding carboxylic acids is 1. The van der Waals surface area contributed by atoms with Gasteiger partial charge in [0.25, 0.3) is 5.91 Å². The van der Waals surface area contributed by atoms with Gasteiger partial charge < -0.3 is 10.6 Å². The van der Waals surface area contributed by atoms with Gasteiger partial charge in [-0.2, -0.15) is 0 Å². The molecule has 0 saturated carbocycles. The number of anilines is 2. The Bertz CT molecular complexity index is 600. The first-order valence-corrected chi connectivity index (χ1v) is 6.34. The van der Waals surface area contributed by atoms with Crippen molar-refractivity contribution in [3.63, 3.8) is 0 Å². The molecule has 0 radical (unpaired) electrons. The molecule has 1 amide bonds. The van der Waals surface area contributed by atoms with E-state index in [0.717, 1.165) is 10.0 Å². The smallest absolute Gasteiger partial charge is 0.277 e. The Morgan fingerprint density at radius 1 is 1.26 bits per heavy atom. The zero-order valence-electron chi connectivity index (χ0n) is 10.4. The monoisotopic (exact) mass is 321 g/mol. The second-order valence-electron chi connectivity index (χ2n) is 3.83. The summed E-state index contributed by atoms with van der Waals surface area (Å²) < 4.78 is 0.892. The van der Waals surface area contributed by atoms with Crippen molar-refractivity contribution in [2.75, 3.05) is 17.7 Å². The summed E-state index contributed by atoms with van der Waals surface area (Å²) in [7, 11) is 1.73. The van der Waals surface area contributed by atoms with Crippen LogP contribution in [0.25, 0.3) is 0 Å². The van der Waals surface area contributed by atoms with Crippen LogP contribution >= 0.6 is 15.9 Å². The Hall–Kier alpha value is -2.02. The Kier molecular flexibility index (Phi) is 4.06. The second-order valence-corrected chi connectivity index (χ2v) is 4.68. The standard InChI is InChI=1S/C12H12BrN5O/c1-7-5-11(15-6-8(7)13)16-12(19)9-3-4-10(14-2)18-17-9/h3-6H,1-2H3,(H,14,18)(H,15,16,19). The Labute approximate surface area is 118 Å². The van der Waals surface area contributed by atoms with Gasteiger partial charge in [0, 0.05) is 17.7 Å². The van der Waals surface area contributed by atoms with Crippen LogP contribution in [0, 0.1) is 6.92 Å². The molecule has 0 spiro atoms. The SMILES string of the molecule is CNc1ccc(C(=O)Nc2cc(C)c(Br)cn2)nn1. The minimum Gasteiger partial charge on any atom is -0.372 e. The van der Waals surface area contributed by atoms with Gasteiger partial charge in [0.15, 0.2) is 5.69 Å². The molecule has 2 N–H and O–H groups in total. The molecule has 0 aliphatic heterocycles. The van der Waals surface area contributed by atoms with Gasteiger partial charge in [-0.1, -0.05) is 0 Å². The molecule has 2 rings (SSSR count). The Morgan fingerprint density at radius 3 is 2.63 bits per heavy atom. The molecule has 0 aliphatic rings. The second kappa shape index (κ2) is 5.75. The highest BCUT2D eigenvalue weighted by molar-refractivity contribution is 9.10. The molecule has 19 heavy (non-hydrogen) atoms. The zero-order chi connectivity index (χ0) is 13.8. The Balaban J connectivity index is 2.13. The topological polar surface area (TPSA) is 79.8 Å². The number of nitrogens with one attached hydrogen (secondary N) is 2. The number of hydrogen-bond donors (Lipinski definition) is 2. The first-order valence-electron chi connectivity index (χ1n) is 5.55. The van der Waals surface area contributed by atoms with Gasteiger partial charge in [-0.05, 0) is 46.6 Å². The number of nitrogens with zero attached hydrogens (tertiary/aromatic N) is 3. The molecule has 2 heterocycles. The predicted octanol–water partition coefficient (Wildman–Crippen LogP) is 2.24. The molecular weight excluding hydrogens is 310 g/mol. The lowest BCUT2D eigenvalue weighted by atomic mass is 10.3. The number of pyridine rings is 1. The summed E-state index contributed by atoms with van der Waals surface area (Å²) in [6, 6.07) is 5.05. The minimum absolute atomic E-state index is 0.237. The summed E-state index contributed by atoms with van der Waals surface area (Å²) in [5, 5.41) is 13.2. The van der Waals surface area contributed by atoms with Gasteiger partial charge in [-0.3, -0.25) is 4.79 Å². The van der Waals surface area contributed by atoms with E-state index in [0.29, 0.717) is 11.6 Å². The van der Waals surface area contributed by atoms with Crippen molar-refractivity contribution in [3.05, 3.63) is 40.1 Å². The fourth-order valence-electron chi connectivity index (χ4n) is 1.37. The van der Waals surface area contributed by atoms with E-state index < -0.39 is 0 Å². The third-order valence-electron chi connectivity index (χ3n) is 2.44. The fourth-order valence-corrected chi connectivity index (χ4v) is 1.59. The lowest BCUT2D eigenvalue weighted by Gasteiger charge is -2.05. The van der Waals surface area contributed by atoms with E-state index in [1.807, 2.05) is 6.92 Å². The molecule has 6 nitrogen and oxygen atoms in total. The fraction of sp³-hybridized carbons (Fsp3) is 0.167. The average Bonchev–Trinajstić information content (AvgIpc) is 2.43. The molecule has 2 aromatic heterocycles. The van der Waals surface area contributed by atoms with E-state index in [1.165, 1.54) is 0 Å². The van der Waals surface area contributed by atoms with E-state index in [2.05, 4.69) is 41.7 Å². The van der Waals surface area contributed by atoms with Crippen molar-refractivity contribution in [1.82, 2.24) is 15.2 Å². The normalized spacial score (nSPS) is 10.1. The third-order valence-corrected chi connectivity index (χ3v) is 3.27. The minimum atomic E-state index is -0.343. The van der Waals surface area contributed by atoms with Gasteiger partial charge in [0.1, 0.15) is 11.6 Å². The molecule has 0 unspecified atom stereocenters. The molecule has 0 bridgehead atoms. The highest BCUT2D eigenvalue weighted by atomic mass is 79.9. The molecule has 2 aromatic rings. The molecule has 0 saturated heterocycles. The summed E-state index contributed by atoms with van der Waals surface area (Å²) in [5.74, 6) is 0.740. The zero-order valence-corrected chi connectivity index (χ0v) is 12.0. The molecule has 0 fully saturated rings. The van der Waals surface area contributed by atoms with Crippen LogP contribution < -0.4 is 10.6 Å². The molecule has 0 atom stereocenters. The van der Waals surface area contributed by atoms with Crippen LogP contribution in [0.4, 0.5) is 11.6 Å². The summed E-state index contributed by atoms with van der Waals surface area (Å²) in [6.45, 7) is 1.92. The van der Waals surface area contributed by atoms with Crippen molar-refractivity contribution in [1.29, 1.82) is 0 Å². The van der Waals surface area contributed by atoms with Gasteiger partial charge >= 0.3 is 0 Å². The van der Waals surface area contributed by atoms with Gasteiger partial charge in [0.2, 0.25) is 0 Å². The number of amides is 1. The Morgan fingerprint density at radius 2 is 2.05 bits per heavy atom. The van der Waals surface area contributed by atoms with Crippen molar-refractivity contribution < 1.29 is 4.79 Å². The van der Waals surface area contributed by atoms with E-state index in [-0.39, 0.29) is 11.6 Å². The lowest BCUT2D eigenvalue weighted by Crippen LogP contribution is -2.15. The summed E-state index contributed by atoms with van der Waals surface area (Å²) >= 11 is 3.35. The van der Waals surface area contributed by atoms with Crippen LogP contribution in [0.5, 0.6) is 0 Å². The quantitative estimate of drug-likeness (QED) is 0.906. The summed E-state index contributed by atoms with van der Waals surface area (Å²) in [5.41, 5.74) is 1.23. The molecular formula is C12H12BrN5O.